The van der Waals surface area contributed by atoms with Crippen molar-refractivity contribution in [3.8, 4) is 5.69 Å². The maximum atomic E-state index is 12.5. The van der Waals surface area contributed by atoms with Crippen molar-refractivity contribution in [2.45, 2.75) is 12.1 Å². The van der Waals surface area contributed by atoms with Crippen molar-refractivity contribution in [3.63, 3.8) is 0 Å². The number of carboxylic acids is 1. The second kappa shape index (κ2) is 9.00. The number of nitrogens with zero attached hydrogens (tertiary/aromatic N) is 4. The first kappa shape index (κ1) is 22.3. The number of aliphatic hydroxyl groups is 1. The van der Waals surface area contributed by atoms with E-state index in [1.807, 2.05) is 0 Å². The lowest BCUT2D eigenvalue weighted by Gasteiger charge is -2.26. The molecule has 2 unspecified atom stereocenters. The first-order valence-corrected chi connectivity index (χ1v) is 10.9. The molecule has 5 N–H and O–H groups in total. The number of H-pyrrole nitrogens is 1. The maximum Gasteiger partial charge on any atom is 0.329 e. The summed E-state index contributed by atoms with van der Waals surface area (Å²) in [4.78, 5) is 26.0. The van der Waals surface area contributed by atoms with E-state index in [0.717, 1.165) is 0 Å². The molecule has 0 spiro atoms. The van der Waals surface area contributed by atoms with Crippen LogP contribution in [0.1, 0.15) is 11.7 Å². The van der Waals surface area contributed by atoms with Gasteiger partial charge < -0.3 is 25.7 Å². The van der Waals surface area contributed by atoms with E-state index in [1.54, 1.807) is 77.7 Å². The number of amides is 2. The summed E-state index contributed by atoms with van der Waals surface area (Å²) in [5.41, 5.74) is 3.44. The van der Waals surface area contributed by atoms with Crippen molar-refractivity contribution in [1.29, 1.82) is 0 Å². The van der Waals surface area contributed by atoms with E-state index in [2.05, 4.69) is 26.2 Å². The Hall–Kier alpha value is -4.55. The molecular weight excluding hydrogens is 470 g/mol. The van der Waals surface area contributed by atoms with Gasteiger partial charge in [0.05, 0.1) is 5.69 Å². The third kappa shape index (κ3) is 4.23. The molecule has 12 heteroatoms. The molecule has 1 aliphatic rings. The minimum absolute atomic E-state index is 0.255. The molecule has 0 radical (unpaired) electrons. The number of hydrogen-bond acceptors (Lipinski definition) is 7. The number of aliphatic carboxylic acids is 1. The van der Waals surface area contributed by atoms with Crippen molar-refractivity contribution in [2.75, 3.05) is 15.5 Å². The zero-order chi connectivity index (χ0) is 24.5. The van der Waals surface area contributed by atoms with Crippen molar-refractivity contribution in [2.24, 2.45) is 0 Å². The lowest BCUT2D eigenvalue weighted by atomic mass is 10.1. The third-order valence-corrected chi connectivity index (χ3v) is 5.85. The van der Waals surface area contributed by atoms with Crippen LogP contribution in [0.25, 0.3) is 5.69 Å². The number of carbonyl (C=O) groups is 2. The fraction of sp³-hybridized carbons (Fsp3) is 0.0870. The molecule has 2 amide bonds. The van der Waals surface area contributed by atoms with E-state index < -0.39 is 24.1 Å². The van der Waals surface area contributed by atoms with E-state index in [0.29, 0.717) is 34.0 Å². The molecule has 11 nitrogen and oxygen atoms in total. The number of aromatic nitrogens is 4. The number of rotatable bonds is 5. The number of urea groups is 1. The van der Waals surface area contributed by atoms with Gasteiger partial charge in [0.1, 0.15) is 6.10 Å². The smallest absolute Gasteiger partial charge is 0.329 e. The summed E-state index contributed by atoms with van der Waals surface area (Å²) >= 11 is 5.09. The van der Waals surface area contributed by atoms with Gasteiger partial charge in [0.25, 0.3) is 0 Å². The number of para-hydroxylation sites is 1. The van der Waals surface area contributed by atoms with Gasteiger partial charge in [-0.3, -0.25) is 0 Å². The molecule has 35 heavy (non-hydrogen) atoms. The number of carboxylic acid groups (broad SMARTS) is 1. The van der Waals surface area contributed by atoms with Crippen LogP contribution < -0.4 is 15.5 Å². The SMILES string of the molecule is O=C(Nc1ccc(N2c3ccccc3C(O)C2C(=O)O)cc1)Nc1cccc(-n2[nH]nnc2=S)c1. The van der Waals surface area contributed by atoms with E-state index >= 15 is 0 Å². The Morgan fingerprint density at radius 3 is 2.40 bits per heavy atom. The number of fused-ring (bicyclic) bond motifs is 1. The van der Waals surface area contributed by atoms with E-state index in [9.17, 15) is 19.8 Å². The highest BCUT2D eigenvalue weighted by Crippen LogP contribution is 2.44. The number of tetrazole rings is 1. The van der Waals surface area contributed by atoms with Crippen molar-refractivity contribution in [3.05, 3.63) is 83.1 Å². The summed E-state index contributed by atoms with van der Waals surface area (Å²) in [6.45, 7) is 0. The summed E-state index contributed by atoms with van der Waals surface area (Å²) in [7, 11) is 0. The predicted molar refractivity (Wildman–Crippen MR) is 131 cm³/mol. The van der Waals surface area contributed by atoms with Gasteiger partial charge in [-0.15, -0.1) is 0 Å². The van der Waals surface area contributed by atoms with Gasteiger partial charge in [-0.25, -0.2) is 14.3 Å². The Bertz CT molecular complexity index is 1470. The van der Waals surface area contributed by atoms with Crippen LogP contribution in [0.4, 0.5) is 27.5 Å². The minimum Gasteiger partial charge on any atom is -0.480 e. The number of anilines is 4. The highest BCUT2D eigenvalue weighted by atomic mass is 32.1. The van der Waals surface area contributed by atoms with Gasteiger partial charge >= 0.3 is 12.0 Å². The van der Waals surface area contributed by atoms with Crippen LogP contribution in [0.3, 0.4) is 0 Å². The molecule has 4 aromatic rings. The van der Waals surface area contributed by atoms with Crippen LogP contribution in [-0.4, -0.2) is 48.5 Å². The highest BCUT2D eigenvalue weighted by Gasteiger charge is 2.42. The van der Waals surface area contributed by atoms with Crippen LogP contribution in [-0.2, 0) is 4.79 Å². The first-order valence-electron chi connectivity index (χ1n) is 10.5. The highest BCUT2D eigenvalue weighted by molar-refractivity contribution is 7.71. The van der Waals surface area contributed by atoms with Gasteiger partial charge in [0.15, 0.2) is 6.04 Å². The molecule has 0 saturated carbocycles. The summed E-state index contributed by atoms with van der Waals surface area (Å²) in [6, 6.07) is 19.1. The van der Waals surface area contributed by atoms with Crippen molar-refractivity contribution >= 4 is 47.0 Å². The molecule has 176 valence electrons. The minimum atomic E-state index is -1.16. The molecule has 0 aliphatic carbocycles. The molecule has 2 atom stereocenters. The van der Waals surface area contributed by atoms with E-state index in [4.69, 9.17) is 12.2 Å². The lowest BCUT2D eigenvalue weighted by molar-refractivity contribution is -0.140. The number of benzene rings is 3. The molecule has 2 heterocycles. The topological polar surface area (TPSA) is 148 Å². The van der Waals surface area contributed by atoms with Crippen LogP contribution in [0.2, 0.25) is 0 Å². The second-order valence-electron chi connectivity index (χ2n) is 7.75. The quantitative estimate of drug-likeness (QED) is 0.267. The number of carbonyl (C=O) groups excluding carboxylic acids is 1. The molecular formula is C23H19N7O4S. The largest absolute Gasteiger partial charge is 0.480 e. The molecule has 5 rings (SSSR count). The monoisotopic (exact) mass is 489 g/mol. The Kier molecular flexibility index (Phi) is 5.73. The summed E-state index contributed by atoms with van der Waals surface area (Å²) in [5.74, 6) is -1.13. The fourth-order valence-electron chi connectivity index (χ4n) is 4.05. The normalized spacial score (nSPS) is 16.5. The summed E-state index contributed by atoms with van der Waals surface area (Å²) in [6.07, 6.45) is -1.16. The second-order valence-corrected chi connectivity index (χ2v) is 8.12. The summed E-state index contributed by atoms with van der Waals surface area (Å²) < 4.78 is 1.75. The van der Waals surface area contributed by atoms with Crippen molar-refractivity contribution in [1.82, 2.24) is 20.2 Å². The molecule has 1 aromatic heterocycles. The average molecular weight is 490 g/mol. The van der Waals surface area contributed by atoms with Gasteiger partial charge in [0, 0.05) is 28.3 Å². The van der Waals surface area contributed by atoms with E-state index in [1.165, 1.54) is 4.68 Å². The molecule has 0 fully saturated rings. The van der Waals surface area contributed by atoms with Crippen LogP contribution in [0.5, 0.6) is 0 Å². The number of aromatic amines is 1. The standard InChI is InChI=1S/C23H19N7O4S/c31-20-17-6-1-2-7-18(17)29(19(20)21(32)33)15-10-8-13(9-11-15)24-22(34)25-14-4-3-5-16(12-14)30-23(35)26-27-28-30/h1-12,19-20,31H,(H,32,33)(H2,24,25,34)(H,26,28,35). The van der Waals surface area contributed by atoms with Gasteiger partial charge in [0.2, 0.25) is 4.77 Å². The Morgan fingerprint density at radius 2 is 1.69 bits per heavy atom. The molecule has 3 aromatic carbocycles. The Balaban J connectivity index is 1.31. The predicted octanol–water partition coefficient (Wildman–Crippen LogP) is 3.61. The first-order chi connectivity index (χ1) is 16.9. The van der Waals surface area contributed by atoms with Crippen molar-refractivity contribution < 1.29 is 19.8 Å². The maximum absolute atomic E-state index is 12.5. The van der Waals surface area contributed by atoms with Gasteiger partial charge in [-0.05, 0) is 60.7 Å². The van der Waals surface area contributed by atoms with Gasteiger partial charge in [-0.1, -0.05) is 34.6 Å². The number of nitrogens with one attached hydrogen (secondary N) is 3. The van der Waals surface area contributed by atoms with Crippen LogP contribution >= 0.6 is 12.2 Å². The summed E-state index contributed by atoms with van der Waals surface area (Å²) in [5, 5.41) is 35.8. The van der Waals surface area contributed by atoms with E-state index in [-0.39, 0.29) is 4.77 Å². The zero-order valence-corrected chi connectivity index (χ0v) is 18.8. The zero-order valence-electron chi connectivity index (χ0n) is 18.0. The molecule has 1 aliphatic heterocycles. The van der Waals surface area contributed by atoms with Gasteiger partial charge in [-0.2, -0.15) is 5.21 Å². The molecule has 0 bridgehead atoms. The number of hydrogen-bond donors (Lipinski definition) is 5. The lowest BCUT2D eigenvalue weighted by Crippen LogP contribution is -2.37. The van der Waals surface area contributed by atoms with Crippen LogP contribution in [0.15, 0.2) is 72.8 Å². The third-order valence-electron chi connectivity index (χ3n) is 5.58. The average Bonchev–Trinajstić information content (AvgIpc) is 3.41. The Morgan fingerprint density at radius 1 is 0.943 bits per heavy atom. The Labute approximate surface area is 203 Å². The fourth-order valence-corrected chi connectivity index (χ4v) is 4.24. The van der Waals surface area contributed by atoms with Crippen LogP contribution in [0, 0.1) is 4.77 Å². The number of aliphatic hydroxyl groups excluding tert-OH is 1. The molecule has 0 saturated heterocycles.